The van der Waals surface area contributed by atoms with E-state index in [0.717, 1.165) is 23.6 Å². The molecule has 0 saturated carbocycles. The van der Waals surface area contributed by atoms with E-state index in [4.69, 9.17) is 17.3 Å². The van der Waals surface area contributed by atoms with Gasteiger partial charge in [-0.05, 0) is 24.6 Å². The lowest BCUT2D eigenvalue weighted by Gasteiger charge is -2.09. The maximum Gasteiger partial charge on any atom is 0.0417 e. The van der Waals surface area contributed by atoms with Gasteiger partial charge < -0.3 is 5.73 Å². The quantitative estimate of drug-likeness (QED) is 0.782. The molecular weight excluding hydrogens is 214 g/mol. The predicted octanol–water partition coefficient (Wildman–Crippen LogP) is 3.56. The van der Waals surface area contributed by atoms with Gasteiger partial charge in [-0.25, -0.2) is 0 Å². The van der Waals surface area contributed by atoms with Gasteiger partial charge >= 0.3 is 0 Å². The van der Waals surface area contributed by atoms with Crippen molar-refractivity contribution in [2.75, 3.05) is 5.75 Å². The molecule has 0 aliphatic rings. The molecule has 1 aromatic rings. The fourth-order valence-electron chi connectivity index (χ4n) is 1.21. The third-order valence-corrected chi connectivity index (χ3v) is 3.34. The molecule has 1 nitrogen and oxygen atoms in total. The number of nitrogens with two attached hydrogens (primary N) is 1. The van der Waals surface area contributed by atoms with Gasteiger partial charge in [0.25, 0.3) is 0 Å². The summed E-state index contributed by atoms with van der Waals surface area (Å²) in [5, 5.41) is 0.791. The zero-order valence-corrected chi connectivity index (χ0v) is 9.94. The molecule has 1 aromatic carbocycles. The predicted molar refractivity (Wildman–Crippen MR) is 65.1 cm³/mol. The Morgan fingerprint density at radius 2 is 2.29 bits per heavy atom. The second-order valence-corrected chi connectivity index (χ2v) is 4.85. The van der Waals surface area contributed by atoms with Crippen molar-refractivity contribution in [3.63, 3.8) is 0 Å². The molecule has 0 aliphatic heterocycles. The first kappa shape index (κ1) is 11.9. The van der Waals surface area contributed by atoms with Gasteiger partial charge in [0.1, 0.15) is 0 Å². The normalized spacial score (nSPS) is 12.8. The average molecular weight is 230 g/mol. The monoisotopic (exact) mass is 229 g/mol. The van der Waals surface area contributed by atoms with Crippen LogP contribution in [0.25, 0.3) is 0 Å². The van der Waals surface area contributed by atoms with Gasteiger partial charge in [0.05, 0.1) is 0 Å². The van der Waals surface area contributed by atoms with E-state index in [1.807, 2.05) is 18.2 Å². The molecular formula is C11H16ClNS. The molecule has 78 valence electrons. The molecule has 14 heavy (non-hydrogen) atoms. The van der Waals surface area contributed by atoms with Crippen LogP contribution in [0, 0.1) is 0 Å². The zero-order chi connectivity index (χ0) is 10.4. The summed E-state index contributed by atoms with van der Waals surface area (Å²) in [5.41, 5.74) is 5.92. The number of hydrogen-bond acceptors (Lipinski definition) is 2. The van der Waals surface area contributed by atoms with Crippen molar-refractivity contribution in [1.29, 1.82) is 0 Å². The maximum atomic E-state index is 5.92. The van der Waals surface area contributed by atoms with Gasteiger partial charge in [-0.1, -0.05) is 31.0 Å². The topological polar surface area (TPSA) is 26.0 Å². The minimum atomic E-state index is 0.295. The van der Waals surface area contributed by atoms with E-state index in [1.165, 1.54) is 4.90 Å². The summed E-state index contributed by atoms with van der Waals surface area (Å²) in [7, 11) is 0. The van der Waals surface area contributed by atoms with Gasteiger partial charge in [-0.15, -0.1) is 11.8 Å². The Morgan fingerprint density at radius 1 is 1.50 bits per heavy atom. The fourth-order valence-corrected chi connectivity index (χ4v) is 2.43. The summed E-state index contributed by atoms with van der Waals surface area (Å²) < 4.78 is 0. The Morgan fingerprint density at radius 3 is 2.93 bits per heavy atom. The highest BCUT2D eigenvalue weighted by Gasteiger charge is 2.02. The highest BCUT2D eigenvalue weighted by atomic mass is 35.5. The molecule has 2 N–H and O–H groups in total. The van der Waals surface area contributed by atoms with Crippen LogP contribution in [0.1, 0.15) is 19.8 Å². The number of halogens is 1. The average Bonchev–Trinajstić information content (AvgIpc) is 2.15. The number of thioether (sulfide) groups is 1. The van der Waals surface area contributed by atoms with E-state index >= 15 is 0 Å². The summed E-state index contributed by atoms with van der Waals surface area (Å²) >= 11 is 7.65. The largest absolute Gasteiger partial charge is 0.327 e. The first-order valence-electron chi connectivity index (χ1n) is 4.86. The Kier molecular flexibility index (Phi) is 5.38. The molecule has 0 aromatic heterocycles. The lowest BCUT2D eigenvalue weighted by Crippen LogP contribution is -2.22. The van der Waals surface area contributed by atoms with Crippen LogP contribution in [0.5, 0.6) is 0 Å². The number of rotatable bonds is 5. The summed E-state index contributed by atoms with van der Waals surface area (Å²) in [4.78, 5) is 1.20. The Bertz CT molecular complexity index is 278. The Labute approximate surface area is 95.0 Å². The van der Waals surface area contributed by atoms with Crippen molar-refractivity contribution in [2.45, 2.75) is 30.7 Å². The number of hydrogen-bond donors (Lipinski definition) is 1. The number of benzene rings is 1. The van der Waals surface area contributed by atoms with Crippen LogP contribution in [-0.4, -0.2) is 11.8 Å². The molecule has 0 aliphatic carbocycles. The van der Waals surface area contributed by atoms with E-state index in [-0.39, 0.29) is 0 Å². The zero-order valence-electron chi connectivity index (χ0n) is 8.37. The van der Waals surface area contributed by atoms with Crippen LogP contribution in [-0.2, 0) is 0 Å². The third-order valence-electron chi connectivity index (χ3n) is 1.92. The van der Waals surface area contributed by atoms with Crippen LogP contribution in [0.15, 0.2) is 29.2 Å². The van der Waals surface area contributed by atoms with Crippen LogP contribution < -0.4 is 5.73 Å². The van der Waals surface area contributed by atoms with Crippen LogP contribution in [0.4, 0.5) is 0 Å². The molecule has 0 spiro atoms. The highest BCUT2D eigenvalue weighted by molar-refractivity contribution is 7.99. The molecule has 0 fully saturated rings. The molecule has 3 heteroatoms. The maximum absolute atomic E-state index is 5.92. The second-order valence-electron chi connectivity index (χ2n) is 3.32. The van der Waals surface area contributed by atoms with Crippen molar-refractivity contribution in [2.24, 2.45) is 5.73 Å². The second kappa shape index (κ2) is 6.33. The van der Waals surface area contributed by atoms with Crippen molar-refractivity contribution < 1.29 is 0 Å². The minimum absolute atomic E-state index is 0.295. The van der Waals surface area contributed by atoms with E-state index in [2.05, 4.69) is 13.0 Å². The van der Waals surface area contributed by atoms with Crippen LogP contribution >= 0.6 is 23.4 Å². The van der Waals surface area contributed by atoms with E-state index in [9.17, 15) is 0 Å². The lowest BCUT2D eigenvalue weighted by atomic mass is 10.2. The van der Waals surface area contributed by atoms with Gasteiger partial charge in [-0.2, -0.15) is 0 Å². The molecule has 0 radical (unpaired) electrons. The van der Waals surface area contributed by atoms with Crippen molar-refractivity contribution in [1.82, 2.24) is 0 Å². The van der Waals surface area contributed by atoms with Crippen molar-refractivity contribution in [3.05, 3.63) is 29.3 Å². The van der Waals surface area contributed by atoms with Gasteiger partial charge in [-0.3, -0.25) is 0 Å². The van der Waals surface area contributed by atoms with Crippen LogP contribution in [0.2, 0.25) is 5.02 Å². The van der Waals surface area contributed by atoms with Crippen molar-refractivity contribution >= 4 is 23.4 Å². The van der Waals surface area contributed by atoms with E-state index in [0.29, 0.717) is 6.04 Å². The lowest BCUT2D eigenvalue weighted by molar-refractivity contribution is 0.661. The first-order chi connectivity index (χ1) is 6.72. The summed E-state index contributed by atoms with van der Waals surface area (Å²) in [5.74, 6) is 0.966. The molecule has 0 unspecified atom stereocenters. The molecule has 0 bridgehead atoms. The molecule has 0 saturated heterocycles. The standard InChI is InChI=1S/C11H16ClNS/c1-2-4-10(13)8-14-11-6-3-5-9(12)7-11/h3,5-7,10H,2,4,8,13H2,1H3/t10-/m0/s1. The minimum Gasteiger partial charge on any atom is -0.327 e. The van der Waals surface area contributed by atoms with Gasteiger partial charge in [0, 0.05) is 21.7 Å². The summed E-state index contributed by atoms with van der Waals surface area (Å²) in [6.07, 6.45) is 2.24. The summed E-state index contributed by atoms with van der Waals surface area (Å²) in [6.45, 7) is 2.16. The van der Waals surface area contributed by atoms with E-state index in [1.54, 1.807) is 11.8 Å². The smallest absolute Gasteiger partial charge is 0.0417 e. The molecule has 0 heterocycles. The SMILES string of the molecule is CCC[C@H](N)CSc1cccc(Cl)c1. The molecule has 0 amide bonds. The van der Waals surface area contributed by atoms with Gasteiger partial charge in [0.2, 0.25) is 0 Å². The Balaban J connectivity index is 2.37. The molecule has 1 rings (SSSR count). The Hall–Kier alpha value is -0.180. The highest BCUT2D eigenvalue weighted by Crippen LogP contribution is 2.22. The third kappa shape index (κ3) is 4.36. The fraction of sp³-hybridized carbons (Fsp3) is 0.455. The van der Waals surface area contributed by atoms with Gasteiger partial charge in [0.15, 0.2) is 0 Å². The van der Waals surface area contributed by atoms with Crippen LogP contribution in [0.3, 0.4) is 0 Å². The van der Waals surface area contributed by atoms with E-state index < -0.39 is 0 Å². The molecule has 1 atom stereocenters. The van der Waals surface area contributed by atoms with Crippen molar-refractivity contribution in [3.8, 4) is 0 Å². The summed E-state index contributed by atoms with van der Waals surface area (Å²) in [6, 6.07) is 8.19. The first-order valence-corrected chi connectivity index (χ1v) is 6.22.